The minimum absolute atomic E-state index is 0.172. The Morgan fingerprint density at radius 3 is 2.17 bits per heavy atom. The number of anilines is 1. The largest absolute Gasteiger partial charge is 0.468 e. The lowest BCUT2D eigenvalue weighted by molar-refractivity contribution is -0.143. The molecule has 0 spiro atoms. The first kappa shape index (κ1) is 25.3. The molecule has 1 aliphatic carbocycles. The molecule has 8 heteroatoms. The van der Waals surface area contributed by atoms with Crippen LogP contribution in [0.1, 0.15) is 37.0 Å². The highest BCUT2D eigenvalue weighted by Crippen LogP contribution is 2.49. The fourth-order valence-electron chi connectivity index (χ4n) is 5.04. The van der Waals surface area contributed by atoms with Crippen molar-refractivity contribution in [2.24, 2.45) is 0 Å². The average molecular weight is 533 g/mol. The smallest absolute Gasteiger partial charge is 0.412 e. The maximum absolute atomic E-state index is 12.9. The molecule has 2 aromatic heterocycles. The second kappa shape index (κ2) is 10.3. The monoisotopic (exact) mass is 532 g/mol. The standard InChI is InChI=1S/C32H28N4O4/c1-21(22-7-4-3-5-8-22)40-31(38)34-29-27-9-6-20-33-36(27)35-28(29)25-12-10-23(11-13-25)24-14-16-26(17-15-24)32(18-19-32)30(37)39-2/h3-17,20-21H,18-19H2,1-2H3,(H,34,38). The van der Waals surface area contributed by atoms with Crippen molar-refractivity contribution in [3.8, 4) is 22.4 Å². The van der Waals surface area contributed by atoms with E-state index in [4.69, 9.17) is 9.47 Å². The number of hydrogen-bond acceptors (Lipinski definition) is 6. The van der Waals surface area contributed by atoms with Crippen LogP contribution >= 0.6 is 0 Å². The van der Waals surface area contributed by atoms with Crippen LogP contribution in [0, 0.1) is 0 Å². The Kier molecular flexibility index (Phi) is 6.51. The molecule has 0 saturated heterocycles. The predicted molar refractivity (Wildman–Crippen MR) is 152 cm³/mol. The van der Waals surface area contributed by atoms with E-state index >= 15 is 0 Å². The van der Waals surface area contributed by atoms with E-state index in [1.54, 1.807) is 12.3 Å². The molecule has 0 bridgehead atoms. The molecule has 40 heavy (non-hydrogen) atoms. The van der Waals surface area contributed by atoms with Crippen molar-refractivity contribution in [2.45, 2.75) is 31.3 Å². The van der Waals surface area contributed by atoms with E-state index in [1.807, 2.05) is 91.9 Å². The number of methoxy groups -OCH3 is 1. The molecular weight excluding hydrogens is 504 g/mol. The number of amides is 1. The first-order valence-electron chi connectivity index (χ1n) is 13.1. The van der Waals surface area contributed by atoms with Gasteiger partial charge in [-0.15, -0.1) is 9.73 Å². The highest BCUT2D eigenvalue weighted by Gasteiger charge is 2.52. The lowest BCUT2D eigenvalue weighted by atomic mass is 9.93. The van der Waals surface area contributed by atoms with Gasteiger partial charge in [0.2, 0.25) is 0 Å². The van der Waals surface area contributed by atoms with Crippen molar-refractivity contribution in [2.75, 3.05) is 12.4 Å². The van der Waals surface area contributed by atoms with Crippen LogP contribution in [-0.2, 0) is 19.7 Å². The summed E-state index contributed by atoms with van der Waals surface area (Å²) in [7, 11) is 1.44. The Bertz CT molecular complexity index is 1670. The maximum Gasteiger partial charge on any atom is 0.412 e. The van der Waals surface area contributed by atoms with Gasteiger partial charge < -0.3 is 9.47 Å². The van der Waals surface area contributed by atoms with Gasteiger partial charge in [-0.1, -0.05) is 78.9 Å². The van der Waals surface area contributed by atoms with Crippen LogP contribution < -0.4 is 5.32 Å². The summed E-state index contributed by atoms with van der Waals surface area (Å²) in [4.78, 5) is 25.1. The molecule has 1 atom stereocenters. The summed E-state index contributed by atoms with van der Waals surface area (Å²) in [6.07, 6.45) is 2.28. The molecule has 1 aliphatic rings. The molecule has 1 fully saturated rings. The minimum Gasteiger partial charge on any atom is -0.468 e. The second-order valence-corrected chi connectivity index (χ2v) is 9.93. The number of carbonyl (C=O) groups is 2. The van der Waals surface area contributed by atoms with Crippen molar-refractivity contribution < 1.29 is 19.1 Å². The van der Waals surface area contributed by atoms with Crippen LogP contribution in [0.5, 0.6) is 0 Å². The summed E-state index contributed by atoms with van der Waals surface area (Å²) < 4.78 is 12.2. The van der Waals surface area contributed by atoms with E-state index in [-0.39, 0.29) is 5.97 Å². The van der Waals surface area contributed by atoms with Crippen LogP contribution in [-0.4, -0.2) is 34.0 Å². The minimum atomic E-state index is -0.576. The highest BCUT2D eigenvalue weighted by atomic mass is 16.6. The van der Waals surface area contributed by atoms with Crippen LogP contribution in [0.3, 0.4) is 0 Å². The van der Waals surface area contributed by atoms with E-state index in [9.17, 15) is 9.59 Å². The molecule has 5 aromatic rings. The van der Waals surface area contributed by atoms with Crippen LogP contribution in [0.2, 0.25) is 0 Å². The zero-order valence-corrected chi connectivity index (χ0v) is 22.2. The molecule has 6 rings (SSSR count). The second-order valence-electron chi connectivity index (χ2n) is 9.93. The van der Waals surface area contributed by atoms with Gasteiger partial charge in [0.25, 0.3) is 0 Å². The number of esters is 1. The van der Waals surface area contributed by atoms with Crippen molar-refractivity contribution in [3.63, 3.8) is 0 Å². The van der Waals surface area contributed by atoms with Gasteiger partial charge in [-0.25, -0.2) is 4.79 Å². The van der Waals surface area contributed by atoms with Gasteiger partial charge in [0.05, 0.1) is 18.2 Å². The number of nitrogens with zero attached hydrogens (tertiary/aromatic N) is 3. The van der Waals surface area contributed by atoms with E-state index < -0.39 is 17.6 Å². The topological polar surface area (TPSA) is 94.8 Å². The quantitative estimate of drug-likeness (QED) is 0.238. The molecule has 1 N–H and O–H groups in total. The molecule has 2 heterocycles. The van der Waals surface area contributed by atoms with E-state index in [2.05, 4.69) is 15.5 Å². The van der Waals surface area contributed by atoms with Crippen LogP contribution in [0.15, 0.2) is 97.2 Å². The lowest BCUT2D eigenvalue weighted by Gasteiger charge is -2.14. The first-order chi connectivity index (χ1) is 19.5. The third-order valence-electron chi connectivity index (χ3n) is 7.45. The molecule has 0 aliphatic heterocycles. The van der Waals surface area contributed by atoms with Gasteiger partial charge in [0.1, 0.15) is 17.3 Å². The number of rotatable bonds is 7. The van der Waals surface area contributed by atoms with Crippen LogP contribution in [0.25, 0.3) is 27.9 Å². The summed E-state index contributed by atoms with van der Waals surface area (Å²) in [5.74, 6) is -0.172. The third-order valence-corrected chi connectivity index (χ3v) is 7.45. The Hall–Kier alpha value is -4.98. The van der Waals surface area contributed by atoms with Gasteiger partial charge in [-0.3, -0.25) is 10.1 Å². The summed E-state index contributed by atoms with van der Waals surface area (Å²) in [5.41, 5.74) is 6.03. The van der Waals surface area contributed by atoms with E-state index in [0.29, 0.717) is 16.9 Å². The summed E-state index contributed by atoms with van der Waals surface area (Å²) in [6, 6.07) is 29.2. The van der Waals surface area contributed by atoms with Gasteiger partial charge in [0, 0.05) is 11.8 Å². The summed E-state index contributed by atoms with van der Waals surface area (Å²) >= 11 is 0. The number of fused-ring (bicyclic) bond motifs is 1. The zero-order chi connectivity index (χ0) is 27.7. The highest BCUT2D eigenvalue weighted by molar-refractivity contribution is 5.97. The maximum atomic E-state index is 12.9. The van der Waals surface area contributed by atoms with Gasteiger partial charge in [-0.2, -0.15) is 5.10 Å². The molecule has 0 radical (unpaired) electrons. The van der Waals surface area contributed by atoms with Crippen molar-refractivity contribution in [3.05, 3.63) is 108 Å². The molecule has 1 amide bonds. The van der Waals surface area contributed by atoms with E-state index in [1.165, 1.54) is 11.7 Å². The van der Waals surface area contributed by atoms with E-state index in [0.717, 1.165) is 40.7 Å². The van der Waals surface area contributed by atoms with Gasteiger partial charge in [-0.05, 0) is 54.2 Å². The zero-order valence-electron chi connectivity index (χ0n) is 22.2. The molecule has 3 aromatic carbocycles. The lowest BCUT2D eigenvalue weighted by Crippen LogP contribution is -2.21. The number of benzene rings is 3. The van der Waals surface area contributed by atoms with Crippen molar-refractivity contribution >= 4 is 23.3 Å². The Balaban J connectivity index is 1.25. The number of ether oxygens (including phenoxy) is 2. The molecule has 200 valence electrons. The average Bonchev–Trinajstić information content (AvgIpc) is 3.74. The molecular formula is C32H28N4O4. The first-order valence-corrected chi connectivity index (χ1v) is 13.1. The predicted octanol–water partition coefficient (Wildman–Crippen LogP) is 6.58. The SMILES string of the molecule is COC(=O)C1(c2ccc(-c3ccc(-c4nn5ncccc5c4NC(=O)OC(C)c4ccccc4)cc3)cc2)CC1. The van der Waals surface area contributed by atoms with Crippen molar-refractivity contribution in [1.82, 2.24) is 14.8 Å². The summed E-state index contributed by atoms with van der Waals surface area (Å²) in [5, 5.41) is 11.8. The number of aromatic nitrogens is 3. The number of nitrogens with one attached hydrogen (secondary N) is 1. The van der Waals surface area contributed by atoms with Crippen molar-refractivity contribution in [1.29, 1.82) is 0 Å². The molecule has 1 unspecified atom stereocenters. The number of carbonyl (C=O) groups excluding carboxylic acids is 2. The molecule has 1 saturated carbocycles. The summed E-state index contributed by atoms with van der Waals surface area (Å²) in [6.45, 7) is 1.83. The van der Waals surface area contributed by atoms with Gasteiger partial charge in [0.15, 0.2) is 0 Å². The Labute approximate surface area is 231 Å². The normalized spacial score (nSPS) is 14.3. The fourth-order valence-corrected chi connectivity index (χ4v) is 5.04. The Morgan fingerprint density at radius 1 is 0.875 bits per heavy atom. The van der Waals surface area contributed by atoms with Crippen LogP contribution in [0.4, 0.5) is 10.5 Å². The van der Waals surface area contributed by atoms with Gasteiger partial charge >= 0.3 is 12.1 Å². The third kappa shape index (κ3) is 4.68. The number of hydrogen-bond donors (Lipinski definition) is 1. The molecule has 8 nitrogen and oxygen atoms in total. The Morgan fingerprint density at radius 2 is 1.52 bits per heavy atom. The fraction of sp³-hybridized carbons (Fsp3) is 0.188.